The molecule has 0 radical (unpaired) electrons. The SMILES string of the molecule is COC(=O)c1cnc(Oc2ccc(Cl)cc2Br)c([N+](=O)[O-])c1. The molecule has 0 aliphatic rings. The van der Waals surface area contributed by atoms with Gasteiger partial charge in [-0.3, -0.25) is 10.1 Å². The molecule has 0 aliphatic heterocycles. The average Bonchev–Trinajstić information content (AvgIpc) is 2.49. The lowest BCUT2D eigenvalue weighted by atomic mass is 10.2. The molecule has 114 valence electrons. The lowest BCUT2D eigenvalue weighted by Gasteiger charge is -2.08. The lowest BCUT2D eigenvalue weighted by molar-refractivity contribution is -0.386. The third-order valence-corrected chi connectivity index (χ3v) is 3.41. The Morgan fingerprint density at radius 3 is 2.73 bits per heavy atom. The highest BCUT2D eigenvalue weighted by molar-refractivity contribution is 9.10. The third kappa shape index (κ3) is 3.52. The van der Waals surface area contributed by atoms with Gasteiger partial charge in [-0.2, -0.15) is 0 Å². The van der Waals surface area contributed by atoms with Crippen molar-refractivity contribution in [1.29, 1.82) is 0 Å². The van der Waals surface area contributed by atoms with Gasteiger partial charge in [0.25, 0.3) is 5.88 Å². The fourth-order valence-corrected chi connectivity index (χ4v) is 2.31. The largest absolute Gasteiger partial charge is 0.465 e. The Balaban J connectivity index is 2.42. The van der Waals surface area contributed by atoms with Gasteiger partial charge in [-0.15, -0.1) is 0 Å². The number of halogens is 2. The minimum Gasteiger partial charge on any atom is -0.465 e. The molecule has 0 spiro atoms. The molecule has 0 unspecified atom stereocenters. The van der Waals surface area contributed by atoms with Crippen LogP contribution in [0.1, 0.15) is 10.4 Å². The lowest BCUT2D eigenvalue weighted by Crippen LogP contribution is -2.04. The summed E-state index contributed by atoms with van der Waals surface area (Å²) in [5.41, 5.74) is -0.499. The molecule has 1 aromatic heterocycles. The van der Waals surface area contributed by atoms with Crippen molar-refractivity contribution in [3.8, 4) is 11.6 Å². The Kier molecular flexibility index (Phi) is 4.94. The highest BCUT2D eigenvalue weighted by atomic mass is 79.9. The fourth-order valence-electron chi connectivity index (χ4n) is 1.54. The number of aromatic nitrogens is 1. The number of methoxy groups -OCH3 is 1. The zero-order valence-electron chi connectivity index (χ0n) is 11.1. The van der Waals surface area contributed by atoms with Crippen molar-refractivity contribution >= 4 is 39.2 Å². The number of carbonyl (C=O) groups is 1. The summed E-state index contributed by atoms with van der Waals surface area (Å²) in [5, 5.41) is 11.6. The molecule has 0 N–H and O–H groups in total. The number of benzene rings is 1. The zero-order valence-corrected chi connectivity index (χ0v) is 13.4. The number of nitrogens with zero attached hydrogens (tertiary/aromatic N) is 2. The molecule has 2 rings (SSSR count). The Morgan fingerprint density at radius 1 is 1.41 bits per heavy atom. The molecular weight excluding hydrogens is 380 g/mol. The summed E-state index contributed by atoms with van der Waals surface area (Å²) in [6.45, 7) is 0. The van der Waals surface area contributed by atoms with Crippen LogP contribution < -0.4 is 4.74 Å². The van der Waals surface area contributed by atoms with Crippen LogP contribution in [0.15, 0.2) is 34.9 Å². The summed E-state index contributed by atoms with van der Waals surface area (Å²) in [4.78, 5) is 25.6. The van der Waals surface area contributed by atoms with Crippen molar-refractivity contribution < 1.29 is 19.2 Å². The van der Waals surface area contributed by atoms with E-state index in [1.165, 1.54) is 13.2 Å². The van der Waals surface area contributed by atoms with Gasteiger partial charge >= 0.3 is 11.7 Å². The number of ether oxygens (including phenoxy) is 2. The molecule has 0 bridgehead atoms. The smallest absolute Gasteiger partial charge is 0.339 e. The van der Waals surface area contributed by atoms with Crippen molar-refractivity contribution in [2.75, 3.05) is 7.11 Å². The first-order chi connectivity index (χ1) is 10.4. The monoisotopic (exact) mass is 386 g/mol. The van der Waals surface area contributed by atoms with E-state index in [-0.39, 0.29) is 11.4 Å². The molecule has 0 fully saturated rings. The molecule has 7 nitrogen and oxygen atoms in total. The van der Waals surface area contributed by atoms with Crippen LogP contribution in [-0.2, 0) is 4.74 Å². The number of rotatable bonds is 4. The standard InChI is InChI=1S/C13H8BrClN2O5/c1-21-13(18)7-4-10(17(19)20)12(16-6-7)22-11-3-2-8(15)5-9(11)14/h2-6H,1H3. The summed E-state index contributed by atoms with van der Waals surface area (Å²) in [5.74, 6) is -0.679. The highest BCUT2D eigenvalue weighted by Crippen LogP contribution is 2.35. The molecular formula is C13H8BrClN2O5. The van der Waals surface area contributed by atoms with E-state index in [9.17, 15) is 14.9 Å². The maximum Gasteiger partial charge on any atom is 0.339 e. The Hall–Kier alpha value is -2.19. The molecule has 0 atom stereocenters. The summed E-state index contributed by atoms with van der Waals surface area (Å²) < 4.78 is 10.4. The summed E-state index contributed by atoms with van der Waals surface area (Å²) >= 11 is 9.05. The minimum absolute atomic E-state index is 0.0447. The van der Waals surface area contributed by atoms with Crippen molar-refractivity contribution in [2.45, 2.75) is 0 Å². The molecule has 0 saturated carbocycles. The first-order valence-corrected chi connectivity index (χ1v) is 6.95. The Morgan fingerprint density at radius 2 is 2.14 bits per heavy atom. The minimum atomic E-state index is -0.727. The van der Waals surface area contributed by atoms with Gasteiger partial charge in [0.05, 0.1) is 22.1 Å². The maximum atomic E-state index is 11.4. The zero-order chi connectivity index (χ0) is 16.3. The Bertz CT molecular complexity index is 753. The van der Waals surface area contributed by atoms with Gasteiger partial charge < -0.3 is 9.47 Å². The predicted octanol–water partition coefficient (Wildman–Crippen LogP) is 3.98. The molecule has 1 aromatic carbocycles. The van der Waals surface area contributed by atoms with Crippen LogP contribution in [0.2, 0.25) is 5.02 Å². The molecule has 0 amide bonds. The van der Waals surface area contributed by atoms with Gasteiger partial charge in [-0.1, -0.05) is 11.6 Å². The molecule has 9 heteroatoms. The van der Waals surface area contributed by atoms with Crippen LogP contribution in [-0.4, -0.2) is 23.0 Å². The van der Waals surface area contributed by atoms with E-state index < -0.39 is 16.6 Å². The van der Waals surface area contributed by atoms with E-state index in [2.05, 4.69) is 25.7 Å². The van der Waals surface area contributed by atoms with Gasteiger partial charge in [0.1, 0.15) is 5.75 Å². The molecule has 22 heavy (non-hydrogen) atoms. The molecule has 0 saturated heterocycles. The summed E-state index contributed by atoms with van der Waals surface area (Å²) in [6.07, 6.45) is 1.14. The number of carbonyl (C=O) groups excluding carboxylic acids is 1. The molecule has 2 aromatic rings. The molecule has 1 heterocycles. The van der Waals surface area contributed by atoms with Gasteiger partial charge in [0.2, 0.25) is 0 Å². The normalized spacial score (nSPS) is 10.1. The van der Waals surface area contributed by atoms with E-state index >= 15 is 0 Å². The quantitative estimate of drug-likeness (QED) is 0.447. The topological polar surface area (TPSA) is 91.6 Å². The van der Waals surface area contributed by atoms with Crippen LogP contribution >= 0.6 is 27.5 Å². The number of esters is 1. The number of hydrogen-bond acceptors (Lipinski definition) is 6. The van der Waals surface area contributed by atoms with E-state index in [1.807, 2.05) is 0 Å². The number of hydrogen-bond donors (Lipinski definition) is 0. The first-order valence-electron chi connectivity index (χ1n) is 5.78. The highest BCUT2D eigenvalue weighted by Gasteiger charge is 2.22. The van der Waals surface area contributed by atoms with Crippen LogP contribution in [0.4, 0.5) is 5.69 Å². The third-order valence-electron chi connectivity index (χ3n) is 2.55. The average molecular weight is 388 g/mol. The van der Waals surface area contributed by atoms with Crippen LogP contribution in [0.3, 0.4) is 0 Å². The first kappa shape index (κ1) is 16.2. The summed E-state index contributed by atoms with van der Waals surface area (Å²) in [7, 11) is 1.17. The van der Waals surface area contributed by atoms with Crippen molar-refractivity contribution in [1.82, 2.24) is 4.98 Å². The second kappa shape index (κ2) is 6.71. The van der Waals surface area contributed by atoms with Crippen molar-refractivity contribution in [3.05, 3.63) is 55.6 Å². The Labute approximate surface area is 138 Å². The van der Waals surface area contributed by atoms with E-state index in [0.29, 0.717) is 15.2 Å². The van der Waals surface area contributed by atoms with Gasteiger partial charge in [0, 0.05) is 17.3 Å². The van der Waals surface area contributed by atoms with Gasteiger partial charge in [-0.25, -0.2) is 9.78 Å². The van der Waals surface area contributed by atoms with Crippen LogP contribution in [0.5, 0.6) is 11.6 Å². The van der Waals surface area contributed by atoms with Gasteiger partial charge in [0.15, 0.2) is 0 Å². The van der Waals surface area contributed by atoms with E-state index in [1.54, 1.807) is 12.1 Å². The number of nitro groups is 1. The number of pyridine rings is 1. The summed E-state index contributed by atoms with van der Waals surface area (Å²) in [6, 6.07) is 5.71. The van der Waals surface area contributed by atoms with E-state index in [4.69, 9.17) is 16.3 Å². The van der Waals surface area contributed by atoms with Gasteiger partial charge in [-0.05, 0) is 34.1 Å². The maximum absolute atomic E-state index is 11.4. The van der Waals surface area contributed by atoms with Crippen LogP contribution in [0.25, 0.3) is 0 Å². The predicted molar refractivity (Wildman–Crippen MR) is 81.5 cm³/mol. The molecule has 0 aliphatic carbocycles. The van der Waals surface area contributed by atoms with Crippen LogP contribution in [0, 0.1) is 10.1 Å². The van der Waals surface area contributed by atoms with E-state index in [0.717, 1.165) is 12.3 Å². The second-order valence-electron chi connectivity index (χ2n) is 3.97. The van der Waals surface area contributed by atoms with Crippen molar-refractivity contribution in [2.24, 2.45) is 0 Å². The van der Waals surface area contributed by atoms with Crippen molar-refractivity contribution in [3.63, 3.8) is 0 Å². The fraction of sp³-hybridized carbons (Fsp3) is 0.0769. The second-order valence-corrected chi connectivity index (χ2v) is 5.26.